The van der Waals surface area contributed by atoms with Crippen LogP contribution >= 0.6 is 0 Å². The third-order valence-corrected chi connectivity index (χ3v) is 3.01. The maximum absolute atomic E-state index is 5.34. The van der Waals surface area contributed by atoms with Crippen molar-refractivity contribution in [3.05, 3.63) is 6.33 Å². The summed E-state index contributed by atoms with van der Waals surface area (Å²) in [4.78, 5) is 10.6. The highest BCUT2D eigenvalue weighted by atomic mass is 16.5. The fourth-order valence-electron chi connectivity index (χ4n) is 1.89. The number of likely N-dealkylation sites (N-methyl/N-ethyl adjacent to an activating group) is 1. The maximum Gasteiger partial charge on any atom is 0.205 e. The molecule has 0 spiro atoms. The Morgan fingerprint density at radius 1 is 1.17 bits per heavy atom. The van der Waals surface area contributed by atoms with Crippen LogP contribution in [0.3, 0.4) is 0 Å². The van der Waals surface area contributed by atoms with Gasteiger partial charge in [0.05, 0.1) is 7.11 Å². The van der Waals surface area contributed by atoms with E-state index in [1.54, 1.807) is 7.11 Å². The van der Waals surface area contributed by atoms with E-state index in [1.165, 1.54) is 6.33 Å². The molecular formula is C11H20N6O. The molecule has 0 aromatic carbocycles. The van der Waals surface area contributed by atoms with E-state index in [0.29, 0.717) is 17.4 Å². The van der Waals surface area contributed by atoms with Crippen LogP contribution in [-0.4, -0.2) is 67.3 Å². The highest BCUT2D eigenvalue weighted by Crippen LogP contribution is 2.28. The van der Waals surface area contributed by atoms with Crippen molar-refractivity contribution in [3.8, 4) is 5.75 Å². The number of hydrogen-bond donors (Lipinski definition) is 2. The average molecular weight is 252 g/mol. The van der Waals surface area contributed by atoms with Gasteiger partial charge in [0.2, 0.25) is 5.75 Å². The van der Waals surface area contributed by atoms with E-state index in [2.05, 4.69) is 37.7 Å². The molecule has 2 N–H and O–H groups in total. The van der Waals surface area contributed by atoms with E-state index in [-0.39, 0.29) is 0 Å². The van der Waals surface area contributed by atoms with Gasteiger partial charge in [-0.3, -0.25) is 5.43 Å². The molecule has 1 aliphatic rings. The molecule has 100 valence electrons. The zero-order chi connectivity index (χ0) is 13.0. The van der Waals surface area contributed by atoms with E-state index in [0.717, 1.165) is 26.2 Å². The molecule has 2 heterocycles. The van der Waals surface area contributed by atoms with Crippen LogP contribution in [0.1, 0.15) is 0 Å². The number of nitrogens with zero attached hydrogens (tertiary/aromatic N) is 4. The Labute approximate surface area is 107 Å². The van der Waals surface area contributed by atoms with Gasteiger partial charge in [-0.1, -0.05) is 0 Å². The van der Waals surface area contributed by atoms with Gasteiger partial charge in [0.1, 0.15) is 6.33 Å². The minimum atomic E-state index is 0.638. The average Bonchev–Trinajstić information content (AvgIpc) is 2.41. The SMILES string of the molecule is CNc1ncnc(NN2CCN(C)CC2)c1OC. The Morgan fingerprint density at radius 2 is 1.83 bits per heavy atom. The lowest BCUT2D eigenvalue weighted by molar-refractivity contribution is 0.178. The highest BCUT2D eigenvalue weighted by Gasteiger charge is 2.17. The first-order chi connectivity index (χ1) is 8.74. The molecule has 2 rings (SSSR count). The van der Waals surface area contributed by atoms with Gasteiger partial charge < -0.3 is 15.0 Å². The smallest absolute Gasteiger partial charge is 0.205 e. The summed E-state index contributed by atoms with van der Waals surface area (Å²) in [5.74, 6) is 2.02. The Morgan fingerprint density at radius 3 is 2.44 bits per heavy atom. The third-order valence-electron chi connectivity index (χ3n) is 3.01. The monoisotopic (exact) mass is 252 g/mol. The predicted octanol–water partition coefficient (Wildman–Crippen LogP) is 0.101. The lowest BCUT2D eigenvalue weighted by Crippen LogP contribution is -2.47. The van der Waals surface area contributed by atoms with Crippen LogP contribution in [-0.2, 0) is 0 Å². The second-order valence-corrected chi connectivity index (χ2v) is 4.26. The van der Waals surface area contributed by atoms with E-state index in [9.17, 15) is 0 Å². The fourth-order valence-corrected chi connectivity index (χ4v) is 1.89. The standard InChI is InChI=1S/C11H20N6O/c1-12-10-9(18-3)11(14-8-13-10)15-17-6-4-16(2)5-7-17/h8H,4-7H2,1-3H3,(H2,12,13,14,15). The van der Waals surface area contributed by atoms with Crippen LogP contribution in [0, 0.1) is 0 Å². The summed E-state index contributed by atoms with van der Waals surface area (Å²) in [7, 11) is 5.56. The number of methoxy groups -OCH3 is 1. The molecule has 0 bridgehead atoms. The first-order valence-electron chi connectivity index (χ1n) is 6.01. The maximum atomic E-state index is 5.34. The van der Waals surface area contributed by atoms with Gasteiger partial charge in [0, 0.05) is 33.2 Å². The zero-order valence-corrected chi connectivity index (χ0v) is 11.1. The second-order valence-electron chi connectivity index (χ2n) is 4.26. The lowest BCUT2D eigenvalue weighted by Gasteiger charge is -2.32. The van der Waals surface area contributed by atoms with Crippen LogP contribution in [0.5, 0.6) is 5.75 Å². The lowest BCUT2D eigenvalue weighted by atomic mass is 10.4. The molecule has 1 aromatic heterocycles. The molecule has 7 heteroatoms. The van der Waals surface area contributed by atoms with Crippen molar-refractivity contribution >= 4 is 11.6 Å². The number of hydrazine groups is 1. The molecular weight excluding hydrogens is 232 g/mol. The Hall–Kier alpha value is -1.60. The van der Waals surface area contributed by atoms with Crippen molar-refractivity contribution in [2.45, 2.75) is 0 Å². The van der Waals surface area contributed by atoms with Crippen molar-refractivity contribution in [3.63, 3.8) is 0 Å². The molecule has 7 nitrogen and oxygen atoms in total. The number of hydrogen-bond acceptors (Lipinski definition) is 7. The van der Waals surface area contributed by atoms with Crippen molar-refractivity contribution in [1.29, 1.82) is 0 Å². The number of rotatable bonds is 4. The second kappa shape index (κ2) is 5.83. The van der Waals surface area contributed by atoms with Crippen molar-refractivity contribution in [2.24, 2.45) is 0 Å². The molecule has 0 atom stereocenters. The van der Waals surface area contributed by atoms with Crippen LogP contribution in [0.4, 0.5) is 11.6 Å². The van der Waals surface area contributed by atoms with Crippen LogP contribution in [0.15, 0.2) is 6.33 Å². The number of ether oxygens (including phenoxy) is 1. The topological polar surface area (TPSA) is 65.6 Å². The summed E-state index contributed by atoms with van der Waals surface area (Å²) >= 11 is 0. The molecule has 0 radical (unpaired) electrons. The van der Waals surface area contributed by atoms with Crippen molar-refractivity contribution < 1.29 is 4.74 Å². The van der Waals surface area contributed by atoms with E-state index >= 15 is 0 Å². The minimum Gasteiger partial charge on any atom is -0.490 e. The highest BCUT2D eigenvalue weighted by molar-refractivity contribution is 5.62. The van der Waals surface area contributed by atoms with Gasteiger partial charge in [-0.25, -0.2) is 15.0 Å². The predicted molar refractivity (Wildman–Crippen MR) is 70.8 cm³/mol. The summed E-state index contributed by atoms with van der Waals surface area (Å²) in [6.07, 6.45) is 1.52. The van der Waals surface area contributed by atoms with Crippen molar-refractivity contribution in [2.75, 3.05) is 58.1 Å². The molecule has 18 heavy (non-hydrogen) atoms. The summed E-state index contributed by atoms with van der Waals surface area (Å²) in [5, 5.41) is 5.13. The first-order valence-corrected chi connectivity index (χ1v) is 6.01. The summed E-state index contributed by atoms with van der Waals surface area (Å²) < 4.78 is 5.34. The molecule has 1 fully saturated rings. The van der Waals surface area contributed by atoms with Gasteiger partial charge in [0.15, 0.2) is 11.6 Å². The molecule has 0 aliphatic carbocycles. The largest absolute Gasteiger partial charge is 0.490 e. The molecule has 1 aromatic rings. The molecule has 0 unspecified atom stereocenters. The van der Waals surface area contributed by atoms with E-state index < -0.39 is 0 Å². The molecule has 1 aliphatic heterocycles. The minimum absolute atomic E-state index is 0.638. The number of piperazine rings is 1. The summed E-state index contributed by atoms with van der Waals surface area (Å²) in [6, 6.07) is 0. The Balaban J connectivity index is 2.09. The number of anilines is 2. The van der Waals surface area contributed by atoms with Crippen LogP contribution < -0.4 is 15.5 Å². The van der Waals surface area contributed by atoms with E-state index in [4.69, 9.17) is 4.74 Å². The Kier molecular flexibility index (Phi) is 4.16. The molecule has 1 saturated heterocycles. The van der Waals surface area contributed by atoms with E-state index in [1.807, 2.05) is 7.05 Å². The molecule has 0 saturated carbocycles. The van der Waals surface area contributed by atoms with Gasteiger partial charge in [0.25, 0.3) is 0 Å². The van der Waals surface area contributed by atoms with Crippen LogP contribution in [0.25, 0.3) is 0 Å². The zero-order valence-electron chi connectivity index (χ0n) is 11.1. The van der Waals surface area contributed by atoms with Gasteiger partial charge in [-0.05, 0) is 7.05 Å². The third kappa shape index (κ3) is 2.80. The first kappa shape index (κ1) is 12.8. The quantitative estimate of drug-likeness (QED) is 0.788. The van der Waals surface area contributed by atoms with Gasteiger partial charge in [-0.15, -0.1) is 0 Å². The fraction of sp³-hybridized carbons (Fsp3) is 0.636. The number of nitrogens with one attached hydrogen (secondary N) is 2. The number of aromatic nitrogens is 2. The normalized spacial score (nSPS) is 17.5. The van der Waals surface area contributed by atoms with Gasteiger partial charge in [-0.2, -0.15) is 0 Å². The Bertz CT molecular complexity index is 391. The summed E-state index contributed by atoms with van der Waals surface area (Å²) in [5.41, 5.74) is 3.29. The summed E-state index contributed by atoms with van der Waals surface area (Å²) in [6.45, 7) is 4.00. The molecule has 0 amide bonds. The van der Waals surface area contributed by atoms with Crippen molar-refractivity contribution in [1.82, 2.24) is 19.9 Å². The van der Waals surface area contributed by atoms with Crippen LogP contribution in [0.2, 0.25) is 0 Å². The van der Waals surface area contributed by atoms with Gasteiger partial charge >= 0.3 is 0 Å².